The fraction of sp³-hybridized carbons (Fsp3) is 0.647. The smallest absolute Gasteiger partial charge is 0.422 e. The van der Waals surface area contributed by atoms with Crippen LogP contribution in [0.2, 0.25) is 0 Å². The Bertz CT molecular complexity index is 1430. The number of hydrogen-bond donors (Lipinski definition) is 0. The molecule has 13 heteroatoms. The number of carbonyl (C=O) groups excluding carboxylic acids is 1. The lowest BCUT2D eigenvalue weighted by Crippen LogP contribution is -2.62. The Kier molecular flexibility index (Phi) is 10.9. The van der Waals surface area contributed by atoms with Crippen LogP contribution in [-0.4, -0.2) is 105 Å². The average Bonchev–Trinajstić information content (AvgIpc) is 2.98. The number of carbonyl (C=O) groups is 1. The van der Waals surface area contributed by atoms with Crippen LogP contribution in [0.4, 0.5) is 23.8 Å². The van der Waals surface area contributed by atoms with Crippen molar-refractivity contribution < 1.29 is 36.9 Å². The second kappa shape index (κ2) is 14.4. The summed E-state index contributed by atoms with van der Waals surface area (Å²) < 4.78 is 63.1. The average molecular weight is 728 g/mol. The molecule has 0 atom stereocenters. The second-order valence-electron chi connectivity index (χ2n) is 13.9. The van der Waals surface area contributed by atoms with Crippen LogP contribution in [0.25, 0.3) is 16.8 Å². The van der Waals surface area contributed by atoms with Crippen molar-refractivity contribution in [3.63, 3.8) is 0 Å². The van der Waals surface area contributed by atoms with Crippen molar-refractivity contribution in [3.05, 3.63) is 28.7 Å². The summed E-state index contributed by atoms with van der Waals surface area (Å²) in [5.74, 6) is 1.08. The van der Waals surface area contributed by atoms with E-state index >= 15 is 0 Å². The van der Waals surface area contributed by atoms with E-state index in [1.807, 2.05) is 26.8 Å². The lowest BCUT2D eigenvalue weighted by atomic mass is 9.72. The minimum absolute atomic E-state index is 0.00479. The van der Waals surface area contributed by atoms with E-state index in [0.717, 1.165) is 58.3 Å². The standard InChI is InChI=1S/C34H46BrF3N4O5/c1-6-23-18-26-25(29(28(23)35)45-22-34(36,37)38)19-27(46-24-8-13-40(14-9-24)12-7-17-44-5)39-30(26)41-15-10-33(11-16-41)20-42(21-33)31(43)47-32(2,3)4/h6,18-19,24H,1,7-17,20-22H2,2-5H3. The molecule has 1 spiro atoms. The van der Waals surface area contributed by atoms with Crippen molar-refractivity contribution in [2.45, 2.75) is 70.8 Å². The first kappa shape index (κ1) is 35.5. The highest BCUT2D eigenvalue weighted by Crippen LogP contribution is 2.46. The number of likely N-dealkylation sites (tertiary alicyclic amines) is 2. The maximum absolute atomic E-state index is 13.4. The van der Waals surface area contributed by atoms with Crippen molar-refractivity contribution in [3.8, 4) is 11.6 Å². The third-order valence-electron chi connectivity index (χ3n) is 9.09. The molecule has 0 aliphatic carbocycles. The first-order valence-electron chi connectivity index (χ1n) is 16.3. The first-order valence-corrected chi connectivity index (χ1v) is 17.1. The van der Waals surface area contributed by atoms with Gasteiger partial charge in [-0.1, -0.05) is 12.7 Å². The van der Waals surface area contributed by atoms with Crippen LogP contribution >= 0.6 is 15.9 Å². The highest BCUT2D eigenvalue weighted by molar-refractivity contribution is 9.10. The van der Waals surface area contributed by atoms with E-state index in [-0.39, 0.29) is 23.4 Å². The Morgan fingerprint density at radius 1 is 1.11 bits per heavy atom. The number of anilines is 1. The summed E-state index contributed by atoms with van der Waals surface area (Å²) in [6.07, 6.45) is 0.990. The molecule has 260 valence electrons. The van der Waals surface area contributed by atoms with Crippen LogP contribution in [0.1, 0.15) is 58.4 Å². The summed E-state index contributed by atoms with van der Waals surface area (Å²) in [6, 6.07) is 3.58. The van der Waals surface area contributed by atoms with Crippen LogP contribution in [0.15, 0.2) is 23.2 Å². The van der Waals surface area contributed by atoms with Crippen molar-refractivity contribution in [1.82, 2.24) is 14.8 Å². The number of aromatic nitrogens is 1. The van der Waals surface area contributed by atoms with E-state index in [0.29, 0.717) is 58.7 Å². The highest BCUT2D eigenvalue weighted by Gasteiger charge is 2.48. The molecule has 5 rings (SSSR count). The van der Waals surface area contributed by atoms with Crippen molar-refractivity contribution in [2.75, 3.05) is 71.0 Å². The highest BCUT2D eigenvalue weighted by atomic mass is 79.9. The monoisotopic (exact) mass is 726 g/mol. The number of methoxy groups -OCH3 is 1. The zero-order chi connectivity index (χ0) is 34.0. The Labute approximate surface area is 283 Å². The minimum Gasteiger partial charge on any atom is -0.482 e. The Morgan fingerprint density at radius 2 is 1.79 bits per heavy atom. The number of rotatable bonds is 10. The van der Waals surface area contributed by atoms with Gasteiger partial charge in [0.25, 0.3) is 0 Å². The van der Waals surface area contributed by atoms with Gasteiger partial charge in [0.1, 0.15) is 23.3 Å². The summed E-state index contributed by atoms with van der Waals surface area (Å²) in [4.78, 5) is 23.9. The van der Waals surface area contributed by atoms with E-state index < -0.39 is 18.4 Å². The molecule has 0 radical (unpaired) electrons. The van der Waals surface area contributed by atoms with Gasteiger partial charge in [0.05, 0.1) is 4.47 Å². The minimum atomic E-state index is -4.51. The molecule has 1 aromatic carbocycles. The molecule has 1 amide bonds. The first-order chi connectivity index (χ1) is 22.2. The van der Waals surface area contributed by atoms with Gasteiger partial charge in [0.2, 0.25) is 5.88 Å². The normalized spacial score (nSPS) is 19.1. The molecule has 0 N–H and O–H groups in total. The Hall–Kier alpha value is -2.77. The van der Waals surface area contributed by atoms with Gasteiger partial charge in [-0.25, -0.2) is 4.79 Å². The van der Waals surface area contributed by atoms with Crippen molar-refractivity contribution in [1.29, 1.82) is 0 Å². The van der Waals surface area contributed by atoms with Gasteiger partial charge < -0.3 is 33.6 Å². The lowest BCUT2D eigenvalue weighted by Gasteiger charge is -2.53. The Balaban J connectivity index is 1.39. The Morgan fingerprint density at radius 3 is 2.38 bits per heavy atom. The largest absolute Gasteiger partial charge is 0.482 e. The molecule has 9 nitrogen and oxygen atoms in total. The number of fused-ring (bicyclic) bond motifs is 1. The third-order valence-corrected chi connectivity index (χ3v) is 9.90. The van der Waals surface area contributed by atoms with Crippen LogP contribution in [-0.2, 0) is 9.47 Å². The van der Waals surface area contributed by atoms with Gasteiger partial charge in [0.15, 0.2) is 6.61 Å². The molecule has 2 aromatic rings. The van der Waals surface area contributed by atoms with E-state index in [9.17, 15) is 18.0 Å². The molecular weight excluding hydrogens is 681 g/mol. The maximum Gasteiger partial charge on any atom is 0.422 e. The van der Waals surface area contributed by atoms with Gasteiger partial charge in [-0.3, -0.25) is 0 Å². The van der Waals surface area contributed by atoms with Gasteiger partial charge in [-0.2, -0.15) is 18.2 Å². The van der Waals surface area contributed by atoms with E-state index in [1.165, 1.54) is 0 Å². The van der Waals surface area contributed by atoms with Gasteiger partial charge in [0, 0.05) is 81.8 Å². The summed E-state index contributed by atoms with van der Waals surface area (Å²) >= 11 is 3.48. The fourth-order valence-electron chi connectivity index (χ4n) is 6.64. The summed E-state index contributed by atoms with van der Waals surface area (Å²) in [5, 5.41) is 1.16. The molecule has 0 unspecified atom stereocenters. The molecule has 0 saturated carbocycles. The number of halogens is 4. The summed E-state index contributed by atoms with van der Waals surface area (Å²) in [5.41, 5.74) is 0.0596. The van der Waals surface area contributed by atoms with Gasteiger partial charge in [-0.05, 0) is 80.4 Å². The SMILES string of the molecule is C=Cc1cc2c(N3CCC4(CC3)CN(C(=O)OC(C)(C)C)C4)nc(OC3CCN(CCCOC)CC3)cc2c(OCC(F)(F)F)c1Br. The molecule has 3 saturated heterocycles. The molecule has 3 aliphatic rings. The molecule has 0 bridgehead atoms. The molecule has 3 fully saturated rings. The fourth-order valence-corrected chi connectivity index (χ4v) is 7.25. The van der Waals surface area contributed by atoms with E-state index in [2.05, 4.69) is 32.3 Å². The van der Waals surface area contributed by atoms with E-state index in [1.54, 1.807) is 24.2 Å². The zero-order valence-electron chi connectivity index (χ0n) is 27.8. The molecule has 1 aromatic heterocycles. The summed E-state index contributed by atoms with van der Waals surface area (Å²) in [7, 11) is 1.70. The predicted molar refractivity (Wildman–Crippen MR) is 179 cm³/mol. The van der Waals surface area contributed by atoms with Gasteiger partial charge in [-0.15, -0.1) is 0 Å². The summed E-state index contributed by atoms with van der Waals surface area (Å²) in [6.45, 7) is 14.1. The van der Waals surface area contributed by atoms with E-state index in [4.69, 9.17) is 23.9 Å². The third kappa shape index (κ3) is 8.83. The zero-order valence-corrected chi connectivity index (χ0v) is 29.3. The molecular formula is C34H46BrF3N4O5. The number of pyridine rings is 1. The number of nitrogens with zero attached hydrogens (tertiary/aromatic N) is 4. The topological polar surface area (TPSA) is 76.6 Å². The molecule has 47 heavy (non-hydrogen) atoms. The van der Waals surface area contributed by atoms with Crippen LogP contribution in [0.3, 0.4) is 0 Å². The predicted octanol–water partition coefficient (Wildman–Crippen LogP) is 7.30. The number of hydrogen-bond acceptors (Lipinski definition) is 8. The number of ether oxygens (including phenoxy) is 4. The maximum atomic E-state index is 13.4. The van der Waals surface area contributed by atoms with Gasteiger partial charge >= 0.3 is 12.3 Å². The molecule has 4 heterocycles. The number of piperidine rings is 2. The van der Waals surface area contributed by atoms with Crippen LogP contribution < -0.4 is 14.4 Å². The van der Waals surface area contributed by atoms with Crippen molar-refractivity contribution in [2.24, 2.45) is 5.41 Å². The number of alkyl halides is 3. The quantitative estimate of drug-likeness (QED) is 0.236. The molecule has 3 aliphatic heterocycles. The second-order valence-corrected chi connectivity index (χ2v) is 14.7. The lowest BCUT2D eigenvalue weighted by molar-refractivity contribution is -0.153. The van der Waals surface area contributed by atoms with Crippen LogP contribution in [0.5, 0.6) is 11.6 Å². The number of amides is 1. The number of benzene rings is 1. The van der Waals surface area contributed by atoms with Crippen LogP contribution in [0, 0.1) is 5.41 Å². The van der Waals surface area contributed by atoms with Crippen molar-refractivity contribution >= 4 is 44.7 Å².